The smallest absolute Gasteiger partial charge is 0.191 e. The molecule has 0 radical (unpaired) electrons. The van der Waals surface area contributed by atoms with Gasteiger partial charge in [-0.05, 0) is 62.2 Å². The lowest BCUT2D eigenvalue weighted by Crippen LogP contribution is -2.42. The highest BCUT2D eigenvalue weighted by Crippen LogP contribution is 2.24. The summed E-state index contributed by atoms with van der Waals surface area (Å²) in [5.74, 6) is 2.71. The van der Waals surface area contributed by atoms with Crippen molar-refractivity contribution in [2.45, 2.75) is 38.8 Å². The fraction of sp³-hybridized carbons (Fsp3) is 0.500. The molecule has 1 aliphatic rings. The monoisotopic (exact) mass is 512 g/mol. The van der Waals surface area contributed by atoms with Crippen molar-refractivity contribution in [3.8, 4) is 5.75 Å². The van der Waals surface area contributed by atoms with Crippen LogP contribution < -0.4 is 15.4 Å². The van der Waals surface area contributed by atoms with Gasteiger partial charge in [0, 0.05) is 20.1 Å². The molecular weight excluding hydrogens is 479 g/mol. The maximum atomic E-state index is 5.72. The van der Waals surface area contributed by atoms with Gasteiger partial charge in [0.05, 0.1) is 18.9 Å². The molecular formula is C22H33IN4O2. The van der Waals surface area contributed by atoms with Crippen LogP contribution in [0.1, 0.15) is 43.6 Å². The minimum Gasteiger partial charge on any atom is -0.494 e. The third-order valence-electron chi connectivity index (χ3n) is 4.97. The number of likely N-dealkylation sites (tertiary alicyclic amines) is 1. The maximum Gasteiger partial charge on any atom is 0.191 e. The van der Waals surface area contributed by atoms with Crippen LogP contribution in [0.2, 0.25) is 0 Å². The summed E-state index contributed by atoms with van der Waals surface area (Å²) in [5.41, 5.74) is 1.17. The van der Waals surface area contributed by atoms with Gasteiger partial charge in [0.15, 0.2) is 5.96 Å². The van der Waals surface area contributed by atoms with Crippen LogP contribution in [0.4, 0.5) is 0 Å². The van der Waals surface area contributed by atoms with Gasteiger partial charge in [0.1, 0.15) is 11.5 Å². The molecule has 0 aliphatic carbocycles. The summed E-state index contributed by atoms with van der Waals surface area (Å²) in [4.78, 5) is 6.85. The molecule has 1 aromatic heterocycles. The van der Waals surface area contributed by atoms with Crippen molar-refractivity contribution in [2.24, 2.45) is 4.99 Å². The van der Waals surface area contributed by atoms with Crippen LogP contribution in [0.15, 0.2) is 52.1 Å². The summed E-state index contributed by atoms with van der Waals surface area (Å²) in [7, 11) is 1.80. The number of hydrogen-bond donors (Lipinski definition) is 2. The molecule has 1 unspecified atom stereocenters. The lowest BCUT2D eigenvalue weighted by molar-refractivity contribution is 0.215. The molecule has 2 aromatic rings. The Morgan fingerprint density at radius 1 is 1.21 bits per heavy atom. The minimum atomic E-state index is 0. The lowest BCUT2D eigenvalue weighted by Gasteiger charge is -2.26. The van der Waals surface area contributed by atoms with Crippen molar-refractivity contribution in [1.82, 2.24) is 15.5 Å². The summed E-state index contributed by atoms with van der Waals surface area (Å²) in [6.45, 7) is 6.53. The lowest BCUT2D eigenvalue weighted by atomic mass is 10.2. The van der Waals surface area contributed by atoms with Gasteiger partial charge in [-0.3, -0.25) is 9.89 Å². The molecule has 0 bridgehead atoms. The fourth-order valence-corrected chi connectivity index (χ4v) is 3.51. The summed E-state index contributed by atoms with van der Waals surface area (Å²) in [6.07, 6.45) is 5.26. The predicted molar refractivity (Wildman–Crippen MR) is 128 cm³/mol. The Kier molecular flexibility index (Phi) is 10.3. The molecule has 2 heterocycles. The molecule has 0 saturated carbocycles. The van der Waals surface area contributed by atoms with E-state index in [1.54, 1.807) is 13.3 Å². The van der Waals surface area contributed by atoms with E-state index in [-0.39, 0.29) is 30.0 Å². The summed E-state index contributed by atoms with van der Waals surface area (Å²) in [5, 5.41) is 6.85. The van der Waals surface area contributed by atoms with Crippen molar-refractivity contribution in [3.05, 3.63) is 54.0 Å². The summed E-state index contributed by atoms with van der Waals surface area (Å²) >= 11 is 0. The molecule has 3 rings (SSSR count). The molecule has 0 spiro atoms. The van der Waals surface area contributed by atoms with Gasteiger partial charge in [-0.2, -0.15) is 0 Å². The van der Waals surface area contributed by atoms with E-state index in [0.29, 0.717) is 6.54 Å². The van der Waals surface area contributed by atoms with Crippen LogP contribution in [0.25, 0.3) is 0 Å². The Labute approximate surface area is 191 Å². The van der Waals surface area contributed by atoms with Gasteiger partial charge in [0.25, 0.3) is 0 Å². The van der Waals surface area contributed by atoms with E-state index in [2.05, 4.69) is 45.6 Å². The van der Waals surface area contributed by atoms with Crippen LogP contribution in [-0.4, -0.2) is 44.1 Å². The van der Waals surface area contributed by atoms with Crippen LogP contribution in [-0.2, 0) is 6.54 Å². The molecule has 1 aromatic carbocycles. The highest BCUT2D eigenvalue weighted by molar-refractivity contribution is 14.0. The molecule has 1 saturated heterocycles. The van der Waals surface area contributed by atoms with Crippen molar-refractivity contribution >= 4 is 29.9 Å². The van der Waals surface area contributed by atoms with E-state index in [4.69, 9.17) is 9.15 Å². The molecule has 1 atom stereocenters. The normalized spacial score (nSPS) is 15.6. The van der Waals surface area contributed by atoms with E-state index >= 15 is 0 Å². The first kappa shape index (κ1) is 23.5. The van der Waals surface area contributed by atoms with E-state index in [1.807, 2.05) is 18.2 Å². The van der Waals surface area contributed by atoms with E-state index < -0.39 is 0 Å². The van der Waals surface area contributed by atoms with E-state index in [9.17, 15) is 0 Å². The molecule has 160 valence electrons. The summed E-state index contributed by atoms with van der Waals surface area (Å²) < 4.78 is 11.4. The van der Waals surface area contributed by atoms with Crippen LogP contribution >= 0.6 is 24.0 Å². The van der Waals surface area contributed by atoms with Gasteiger partial charge < -0.3 is 19.8 Å². The largest absolute Gasteiger partial charge is 0.494 e. The van der Waals surface area contributed by atoms with Crippen molar-refractivity contribution in [2.75, 3.05) is 33.3 Å². The first-order valence-electron chi connectivity index (χ1n) is 10.2. The number of halogens is 1. The minimum absolute atomic E-state index is 0. The Balaban J connectivity index is 0.00000300. The number of aliphatic imine (C=N–C) groups is 1. The number of nitrogens with zero attached hydrogens (tertiary/aromatic N) is 2. The Morgan fingerprint density at radius 3 is 2.72 bits per heavy atom. The van der Waals surface area contributed by atoms with Gasteiger partial charge in [-0.15, -0.1) is 24.0 Å². The topological polar surface area (TPSA) is 62.0 Å². The Hall–Kier alpha value is -1.74. The second-order valence-electron chi connectivity index (χ2n) is 7.08. The molecule has 1 aliphatic heterocycles. The predicted octanol–water partition coefficient (Wildman–Crippen LogP) is 4.19. The zero-order valence-corrected chi connectivity index (χ0v) is 19.7. The number of rotatable bonds is 9. The number of nitrogens with one attached hydrogen (secondary N) is 2. The SMILES string of the molecule is CCCOc1cccc(CNC(=NC)NCC(c2ccco2)N2CCCC2)c1.I. The second-order valence-corrected chi connectivity index (χ2v) is 7.08. The highest BCUT2D eigenvalue weighted by atomic mass is 127. The van der Waals surface area contributed by atoms with E-state index in [0.717, 1.165) is 50.1 Å². The van der Waals surface area contributed by atoms with Crippen molar-refractivity contribution in [1.29, 1.82) is 0 Å². The quantitative estimate of drug-likeness (QED) is 0.300. The zero-order chi connectivity index (χ0) is 19.6. The maximum absolute atomic E-state index is 5.72. The van der Waals surface area contributed by atoms with Crippen molar-refractivity contribution < 1.29 is 9.15 Å². The Morgan fingerprint density at radius 2 is 2.03 bits per heavy atom. The number of guanidine groups is 1. The summed E-state index contributed by atoms with van der Waals surface area (Å²) in [6, 6.07) is 12.4. The highest BCUT2D eigenvalue weighted by Gasteiger charge is 2.25. The number of furan rings is 1. The molecule has 2 N–H and O–H groups in total. The first-order valence-corrected chi connectivity index (χ1v) is 10.2. The molecule has 29 heavy (non-hydrogen) atoms. The Bertz CT molecular complexity index is 730. The molecule has 6 nitrogen and oxygen atoms in total. The number of benzene rings is 1. The molecule has 7 heteroatoms. The first-order chi connectivity index (χ1) is 13.8. The standard InChI is InChI=1S/C22H32N4O2.HI/c1-3-13-27-19-9-6-8-18(15-19)16-24-22(23-2)25-17-20(21-10-7-14-28-21)26-11-4-5-12-26;/h6-10,14-15,20H,3-5,11-13,16-17H2,1-2H3,(H2,23,24,25);1H. The van der Waals surface area contributed by atoms with Crippen molar-refractivity contribution in [3.63, 3.8) is 0 Å². The third kappa shape index (κ3) is 7.22. The van der Waals surface area contributed by atoms with Gasteiger partial charge in [-0.1, -0.05) is 19.1 Å². The van der Waals surface area contributed by atoms with Crippen LogP contribution in [0.5, 0.6) is 5.75 Å². The number of ether oxygens (including phenoxy) is 1. The molecule has 1 fully saturated rings. The van der Waals surface area contributed by atoms with Gasteiger partial charge in [0.2, 0.25) is 0 Å². The van der Waals surface area contributed by atoms with Gasteiger partial charge >= 0.3 is 0 Å². The van der Waals surface area contributed by atoms with E-state index in [1.165, 1.54) is 18.4 Å². The average Bonchev–Trinajstić information content (AvgIpc) is 3.44. The van der Waals surface area contributed by atoms with Gasteiger partial charge in [-0.25, -0.2) is 0 Å². The average molecular weight is 512 g/mol. The molecule has 0 amide bonds. The van der Waals surface area contributed by atoms with Crippen LogP contribution in [0, 0.1) is 0 Å². The second kappa shape index (κ2) is 12.7. The van der Waals surface area contributed by atoms with Crippen LogP contribution in [0.3, 0.4) is 0 Å². The fourth-order valence-electron chi connectivity index (χ4n) is 3.51. The number of hydrogen-bond acceptors (Lipinski definition) is 4. The third-order valence-corrected chi connectivity index (χ3v) is 4.97. The zero-order valence-electron chi connectivity index (χ0n) is 17.4.